The minimum Gasteiger partial charge on any atom is -0.352 e. The number of allylic oxidation sites excluding steroid dienone is 2. The fourth-order valence-corrected chi connectivity index (χ4v) is 12.0. The van der Waals surface area contributed by atoms with Crippen molar-refractivity contribution in [1.82, 2.24) is 15.5 Å². The molecular weight excluding hydrogens is 514 g/mol. The molecule has 3 fully saturated rings. The Morgan fingerprint density at radius 3 is 2.45 bits per heavy atom. The van der Waals surface area contributed by atoms with E-state index in [1.807, 2.05) is 6.07 Å². The van der Waals surface area contributed by atoms with E-state index in [0.29, 0.717) is 30.2 Å². The molecule has 42 heavy (non-hydrogen) atoms. The van der Waals surface area contributed by atoms with E-state index in [0.717, 1.165) is 44.9 Å². The molecule has 5 aliphatic carbocycles. The monoisotopic (exact) mass is 567 g/mol. The Bertz CT molecular complexity index is 1420. The van der Waals surface area contributed by atoms with Gasteiger partial charge in [-0.05, 0) is 108 Å². The molecule has 0 spiro atoms. The second-order valence-corrected chi connectivity index (χ2v) is 17.2. The number of fused-ring (bicyclic) bond motifs is 8. The molecule has 1 aromatic carbocycles. The summed E-state index contributed by atoms with van der Waals surface area (Å²) in [5.41, 5.74) is 6.34. The summed E-state index contributed by atoms with van der Waals surface area (Å²) in [7, 11) is 0. The molecule has 2 aromatic rings. The molecule has 1 amide bonds. The van der Waals surface area contributed by atoms with Crippen LogP contribution in [0.3, 0.4) is 0 Å². The highest BCUT2D eigenvalue weighted by Crippen LogP contribution is 2.75. The number of amides is 1. The van der Waals surface area contributed by atoms with Crippen molar-refractivity contribution in [3.05, 3.63) is 65.0 Å². The highest BCUT2D eigenvalue weighted by molar-refractivity contribution is 5.84. The molecule has 226 valence electrons. The summed E-state index contributed by atoms with van der Waals surface area (Å²) in [5, 5.41) is 11.4. The second kappa shape index (κ2) is 9.08. The molecule has 0 saturated heterocycles. The molecule has 7 atom stereocenters. The van der Waals surface area contributed by atoms with Crippen molar-refractivity contribution in [2.75, 3.05) is 0 Å². The van der Waals surface area contributed by atoms with Crippen LogP contribution >= 0.6 is 0 Å². The SMILES string of the molecule is CC1(C)CC[C@]2(C(=O)NCc3ccccc3)CC[C@]3(C)C(=CC[C@@H]4[C@@]5(C)Cc6cn[nH]c6C(C)(C)[C@@H]5CC[C@]43C)[C@@H]2C1. The van der Waals surface area contributed by atoms with Crippen LogP contribution in [0.1, 0.15) is 117 Å². The topological polar surface area (TPSA) is 57.8 Å². The average molecular weight is 568 g/mol. The van der Waals surface area contributed by atoms with E-state index in [1.165, 1.54) is 29.7 Å². The van der Waals surface area contributed by atoms with Crippen molar-refractivity contribution in [1.29, 1.82) is 0 Å². The van der Waals surface area contributed by atoms with Gasteiger partial charge in [-0.3, -0.25) is 9.89 Å². The standard InChI is InChI=1S/C38H53N3O/c1-33(2)17-19-38(32(42)39-23-25-11-9-8-10-12-25)20-18-36(6)27(28(38)22-33)13-14-30-35(5)21-26-24-40-41-31(26)34(3,4)29(35)15-16-37(30,36)7/h8-13,24,28-30H,14-23H2,1-7H3,(H,39,42)(H,40,41)/t28-,29-,30+,35-,36+,37+,38-/m0/s1. The van der Waals surface area contributed by atoms with E-state index < -0.39 is 0 Å². The van der Waals surface area contributed by atoms with Gasteiger partial charge < -0.3 is 5.32 Å². The lowest BCUT2D eigenvalue weighted by Crippen LogP contribution is -2.65. The quantitative estimate of drug-likeness (QED) is 0.365. The van der Waals surface area contributed by atoms with E-state index in [-0.39, 0.29) is 32.5 Å². The van der Waals surface area contributed by atoms with Crippen molar-refractivity contribution in [2.24, 2.45) is 44.8 Å². The molecule has 4 nitrogen and oxygen atoms in total. The number of H-pyrrole nitrogens is 1. The first-order chi connectivity index (χ1) is 19.8. The van der Waals surface area contributed by atoms with Crippen LogP contribution in [-0.2, 0) is 23.2 Å². The first kappa shape index (κ1) is 28.4. The lowest BCUT2D eigenvalue weighted by molar-refractivity contribution is -0.167. The summed E-state index contributed by atoms with van der Waals surface area (Å²) in [6.07, 6.45) is 15.1. The lowest BCUT2D eigenvalue weighted by Gasteiger charge is -2.70. The Kier molecular flexibility index (Phi) is 6.14. The minimum atomic E-state index is -0.279. The fraction of sp³-hybridized carbons (Fsp3) is 0.684. The lowest BCUT2D eigenvalue weighted by atomic mass is 9.33. The fourth-order valence-electron chi connectivity index (χ4n) is 12.0. The number of benzene rings is 1. The molecule has 1 heterocycles. The van der Waals surface area contributed by atoms with Gasteiger partial charge in [0, 0.05) is 17.7 Å². The molecule has 0 aliphatic heterocycles. The minimum absolute atomic E-state index is 0.108. The smallest absolute Gasteiger partial charge is 0.227 e. The maximum Gasteiger partial charge on any atom is 0.227 e. The third-order valence-electron chi connectivity index (χ3n) is 14.5. The van der Waals surface area contributed by atoms with Crippen LogP contribution in [0.15, 0.2) is 48.2 Å². The number of carbonyl (C=O) groups is 1. The number of carbonyl (C=O) groups excluding carboxylic acids is 1. The van der Waals surface area contributed by atoms with Gasteiger partial charge in [0.2, 0.25) is 5.91 Å². The summed E-state index contributed by atoms with van der Waals surface area (Å²) in [6, 6.07) is 10.4. The van der Waals surface area contributed by atoms with Gasteiger partial charge in [-0.25, -0.2) is 0 Å². The largest absolute Gasteiger partial charge is 0.352 e. The summed E-state index contributed by atoms with van der Waals surface area (Å²) in [5.74, 6) is 1.92. The third kappa shape index (κ3) is 3.71. The van der Waals surface area contributed by atoms with Gasteiger partial charge in [0.15, 0.2) is 0 Å². The van der Waals surface area contributed by atoms with Crippen LogP contribution in [0.25, 0.3) is 0 Å². The molecular formula is C38H53N3O. The Morgan fingerprint density at radius 1 is 0.952 bits per heavy atom. The number of hydrogen-bond donors (Lipinski definition) is 2. The normalized spacial score (nSPS) is 41.2. The molecule has 0 radical (unpaired) electrons. The summed E-state index contributed by atoms with van der Waals surface area (Å²) in [4.78, 5) is 14.3. The number of aromatic nitrogens is 2. The van der Waals surface area contributed by atoms with Gasteiger partial charge in [-0.1, -0.05) is 90.4 Å². The zero-order valence-corrected chi connectivity index (χ0v) is 27.2. The van der Waals surface area contributed by atoms with Crippen LogP contribution in [0.4, 0.5) is 0 Å². The number of rotatable bonds is 3. The van der Waals surface area contributed by atoms with E-state index >= 15 is 0 Å². The Morgan fingerprint density at radius 2 is 1.69 bits per heavy atom. The number of hydrogen-bond acceptors (Lipinski definition) is 2. The van der Waals surface area contributed by atoms with Crippen LogP contribution in [0, 0.1) is 44.8 Å². The molecule has 7 rings (SSSR count). The summed E-state index contributed by atoms with van der Waals surface area (Å²) < 4.78 is 0. The predicted molar refractivity (Wildman–Crippen MR) is 170 cm³/mol. The van der Waals surface area contributed by atoms with Gasteiger partial charge in [-0.15, -0.1) is 0 Å². The van der Waals surface area contributed by atoms with Crippen LogP contribution < -0.4 is 5.32 Å². The number of nitrogens with zero attached hydrogens (tertiary/aromatic N) is 1. The highest BCUT2D eigenvalue weighted by atomic mass is 16.2. The van der Waals surface area contributed by atoms with Crippen molar-refractivity contribution >= 4 is 5.91 Å². The molecule has 5 aliphatic rings. The van der Waals surface area contributed by atoms with Gasteiger partial charge in [0.05, 0.1) is 11.6 Å². The Balaban J connectivity index is 1.26. The molecule has 0 unspecified atom stereocenters. The first-order valence-electron chi connectivity index (χ1n) is 16.8. The first-order valence-corrected chi connectivity index (χ1v) is 16.8. The van der Waals surface area contributed by atoms with Gasteiger partial charge in [0.1, 0.15) is 0 Å². The summed E-state index contributed by atoms with van der Waals surface area (Å²) >= 11 is 0. The molecule has 3 saturated carbocycles. The molecule has 2 N–H and O–H groups in total. The van der Waals surface area contributed by atoms with Crippen molar-refractivity contribution in [2.45, 2.75) is 118 Å². The second-order valence-electron chi connectivity index (χ2n) is 17.2. The Labute approximate surface area is 253 Å². The van der Waals surface area contributed by atoms with E-state index in [2.05, 4.69) is 101 Å². The van der Waals surface area contributed by atoms with Gasteiger partial charge >= 0.3 is 0 Å². The third-order valence-corrected chi connectivity index (χ3v) is 14.5. The van der Waals surface area contributed by atoms with Crippen molar-refractivity contribution < 1.29 is 4.79 Å². The van der Waals surface area contributed by atoms with Crippen LogP contribution in [0.2, 0.25) is 0 Å². The maximum absolute atomic E-state index is 14.3. The number of aromatic amines is 1. The Hall–Kier alpha value is -2.36. The van der Waals surface area contributed by atoms with Crippen LogP contribution in [0.5, 0.6) is 0 Å². The van der Waals surface area contributed by atoms with Crippen LogP contribution in [-0.4, -0.2) is 16.1 Å². The average Bonchev–Trinajstić information content (AvgIpc) is 3.41. The van der Waals surface area contributed by atoms with Gasteiger partial charge in [0.25, 0.3) is 0 Å². The van der Waals surface area contributed by atoms with E-state index in [9.17, 15) is 4.79 Å². The van der Waals surface area contributed by atoms with E-state index in [1.54, 1.807) is 5.57 Å². The van der Waals surface area contributed by atoms with Crippen molar-refractivity contribution in [3.8, 4) is 0 Å². The zero-order chi connectivity index (χ0) is 29.8. The number of nitrogens with one attached hydrogen (secondary N) is 2. The van der Waals surface area contributed by atoms with Gasteiger partial charge in [-0.2, -0.15) is 5.10 Å². The molecule has 4 heteroatoms. The zero-order valence-electron chi connectivity index (χ0n) is 27.2. The highest BCUT2D eigenvalue weighted by Gasteiger charge is 2.69. The maximum atomic E-state index is 14.3. The molecule has 0 bridgehead atoms. The predicted octanol–water partition coefficient (Wildman–Crippen LogP) is 8.54. The summed E-state index contributed by atoms with van der Waals surface area (Å²) in [6.45, 7) is 18.4. The van der Waals surface area contributed by atoms with E-state index in [4.69, 9.17) is 0 Å². The van der Waals surface area contributed by atoms with Crippen molar-refractivity contribution in [3.63, 3.8) is 0 Å². The molecule has 1 aromatic heterocycles.